The normalized spacial score (nSPS) is 14.1. The molecule has 94 valence electrons. The van der Waals surface area contributed by atoms with Gasteiger partial charge in [-0.1, -0.05) is 0 Å². The van der Waals surface area contributed by atoms with Crippen LogP contribution in [0, 0.1) is 0 Å². The summed E-state index contributed by atoms with van der Waals surface area (Å²) >= 11 is 0. The van der Waals surface area contributed by atoms with Crippen molar-refractivity contribution in [2.24, 2.45) is 5.73 Å². The fraction of sp³-hybridized carbons (Fsp3) is 0.400. The number of nitrogens with two attached hydrogens (primary N) is 1. The number of rotatable bonds is 5. The minimum absolute atomic E-state index is 0.0441. The highest BCUT2D eigenvalue weighted by atomic mass is 16.4. The van der Waals surface area contributed by atoms with Crippen molar-refractivity contribution in [1.82, 2.24) is 5.32 Å². The van der Waals surface area contributed by atoms with E-state index in [1.54, 1.807) is 0 Å². The highest BCUT2D eigenvalue weighted by Crippen LogP contribution is 2.07. The van der Waals surface area contributed by atoms with Crippen LogP contribution < -0.4 is 11.1 Å². The average molecular weight is 242 g/mol. The lowest BCUT2D eigenvalue weighted by Crippen LogP contribution is -2.47. The molecule has 0 aliphatic carbocycles. The number of nitrogens with one attached hydrogen (secondary N) is 1. The Bertz CT molecular complexity index is 413. The molecule has 5 N–H and O–H groups in total. The Hall–Kier alpha value is -1.86. The third-order valence-corrected chi connectivity index (χ3v) is 2.12. The fourth-order valence-electron chi connectivity index (χ4n) is 1.21. The first-order chi connectivity index (χ1) is 7.95. The Morgan fingerprint density at radius 2 is 2.18 bits per heavy atom. The van der Waals surface area contributed by atoms with Crippen molar-refractivity contribution < 1.29 is 24.2 Å². The van der Waals surface area contributed by atoms with Crippen LogP contribution in [0.3, 0.4) is 0 Å². The maximum Gasteiger partial charge on any atom is 0.328 e. The van der Waals surface area contributed by atoms with Gasteiger partial charge in [0, 0.05) is 0 Å². The summed E-state index contributed by atoms with van der Waals surface area (Å²) in [6, 6.07) is 1.53. The zero-order chi connectivity index (χ0) is 13.0. The molecule has 0 fully saturated rings. The van der Waals surface area contributed by atoms with E-state index < -0.39 is 24.0 Å². The molecule has 2 unspecified atom stereocenters. The van der Waals surface area contributed by atoms with Crippen LogP contribution in [-0.2, 0) is 11.3 Å². The van der Waals surface area contributed by atoms with Crippen LogP contribution in [0.4, 0.5) is 0 Å². The first-order valence-corrected chi connectivity index (χ1v) is 4.96. The number of carbonyl (C=O) groups is 2. The predicted molar refractivity (Wildman–Crippen MR) is 57.2 cm³/mol. The molecule has 1 aromatic rings. The summed E-state index contributed by atoms with van der Waals surface area (Å²) < 4.78 is 5.04. The van der Waals surface area contributed by atoms with Gasteiger partial charge in [0.1, 0.15) is 5.76 Å². The number of aliphatic hydroxyl groups is 1. The van der Waals surface area contributed by atoms with Crippen LogP contribution in [0.15, 0.2) is 16.5 Å². The lowest BCUT2D eigenvalue weighted by atomic mass is 10.2. The zero-order valence-corrected chi connectivity index (χ0v) is 9.21. The quantitative estimate of drug-likeness (QED) is 0.541. The summed E-state index contributed by atoms with van der Waals surface area (Å²) in [5.74, 6) is -1.66. The highest BCUT2D eigenvalue weighted by Gasteiger charge is 2.26. The Kier molecular flexibility index (Phi) is 4.24. The van der Waals surface area contributed by atoms with Crippen molar-refractivity contribution in [3.8, 4) is 0 Å². The fourth-order valence-corrected chi connectivity index (χ4v) is 1.21. The Balaban J connectivity index is 2.73. The van der Waals surface area contributed by atoms with Crippen LogP contribution in [-0.4, -0.2) is 34.2 Å². The third-order valence-electron chi connectivity index (χ3n) is 2.12. The molecule has 0 saturated carbocycles. The summed E-state index contributed by atoms with van der Waals surface area (Å²) in [4.78, 5) is 22.3. The third kappa shape index (κ3) is 3.30. The number of carbonyl (C=O) groups excluding carboxylic acids is 1. The maximum absolute atomic E-state index is 11.6. The van der Waals surface area contributed by atoms with Crippen molar-refractivity contribution in [1.29, 1.82) is 0 Å². The van der Waals surface area contributed by atoms with Gasteiger partial charge in [0.15, 0.2) is 11.8 Å². The van der Waals surface area contributed by atoms with E-state index in [2.05, 4.69) is 5.32 Å². The van der Waals surface area contributed by atoms with Crippen LogP contribution in [0.5, 0.6) is 0 Å². The van der Waals surface area contributed by atoms with Crippen molar-refractivity contribution >= 4 is 11.9 Å². The van der Waals surface area contributed by atoms with Gasteiger partial charge in [0.2, 0.25) is 0 Å². The van der Waals surface area contributed by atoms with E-state index in [1.165, 1.54) is 19.1 Å². The summed E-state index contributed by atoms with van der Waals surface area (Å²) in [6.07, 6.45) is -1.21. The molecule has 1 aromatic heterocycles. The standard InChI is InChI=1S/C10H14N2O5/c1-5(13)8(10(15)16)12-9(14)7-3-2-6(4-11)17-7/h2-3,5,8,13H,4,11H2,1H3,(H,12,14)(H,15,16). The van der Waals surface area contributed by atoms with Crippen molar-refractivity contribution in [3.63, 3.8) is 0 Å². The van der Waals surface area contributed by atoms with Gasteiger partial charge in [-0.15, -0.1) is 0 Å². The summed E-state index contributed by atoms with van der Waals surface area (Å²) in [5, 5.41) is 20.1. The second-order valence-corrected chi connectivity index (χ2v) is 3.50. The second-order valence-electron chi connectivity index (χ2n) is 3.50. The van der Waals surface area contributed by atoms with E-state index in [1.807, 2.05) is 0 Å². The number of hydrogen-bond donors (Lipinski definition) is 4. The van der Waals surface area contributed by atoms with E-state index >= 15 is 0 Å². The molecular formula is C10H14N2O5. The maximum atomic E-state index is 11.6. The van der Waals surface area contributed by atoms with Gasteiger partial charge < -0.3 is 25.7 Å². The molecule has 0 aromatic carbocycles. The largest absolute Gasteiger partial charge is 0.480 e. The van der Waals surface area contributed by atoms with Crippen LogP contribution in [0.25, 0.3) is 0 Å². The molecule has 1 rings (SSSR count). The minimum atomic E-state index is -1.38. The van der Waals surface area contributed by atoms with Gasteiger partial charge in [0.25, 0.3) is 5.91 Å². The highest BCUT2D eigenvalue weighted by molar-refractivity contribution is 5.94. The van der Waals surface area contributed by atoms with Crippen molar-refractivity contribution in [2.75, 3.05) is 0 Å². The van der Waals surface area contributed by atoms with Gasteiger partial charge >= 0.3 is 5.97 Å². The van der Waals surface area contributed by atoms with E-state index in [0.717, 1.165) is 0 Å². The van der Waals surface area contributed by atoms with Crippen LogP contribution >= 0.6 is 0 Å². The molecule has 0 spiro atoms. The summed E-state index contributed by atoms with van der Waals surface area (Å²) in [7, 11) is 0. The molecule has 0 aliphatic heterocycles. The Labute approximate surface area is 97.2 Å². The number of carboxylic acid groups (broad SMARTS) is 1. The van der Waals surface area contributed by atoms with Gasteiger partial charge in [-0.05, 0) is 19.1 Å². The molecule has 1 amide bonds. The van der Waals surface area contributed by atoms with E-state index in [-0.39, 0.29) is 12.3 Å². The summed E-state index contributed by atoms with van der Waals surface area (Å²) in [5.41, 5.74) is 5.30. The van der Waals surface area contributed by atoms with Crippen molar-refractivity contribution in [3.05, 3.63) is 23.7 Å². The molecule has 0 aliphatic rings. The number of carboxylic acids is 1. The second kappa shape index (κ2) is 5.46. The molecule has 1 heterocycles. The Morgan fingerprint density at radius 3 is 2.59 bits per heavy atom. The first kappa shape index (κ1) is 13.2. The molecule has 7 heteroatoms. The molecule has 7 nitrogen and oxygen atoms in total. The Morgan fingerprint density at radius 1 is 1.53 bits per heavy atom. The first-order valence-electron chi connectivity index (χ1n) is 4.96. The van der Waals surface area contributed by atoms with E-state index in [4.69, 9.17) is 15.3 Å². The molecular weight excluding hydrogens is 228 g/mol. The number of hydrogen-bond acceptors (Lipinski definition) is 5. The lowest BCUT2D eigenvalue weighted by molar-refractivity contribution is -0.141. The van der Waals surface area contributed by atoms with Gasteiger partial charge in [0.05, 0.1) is 12.6 Å². The van der Waals surface area contributed by atoms with E-state index in [9.17, 15) is 14.7 Å². The molecule has 2 atom stereocenters. The summed E-state index contributed by atoms with van der Waals surface area (Å²) in [6.45, 7) is 1.42. The SMILES string of the molecule is CC(O)C(NC(=O)c1ccc(CN)o1)C(=O)O. The zero-order valence-electron chi connectivity index (χ0n) is 9.21. The number of aliphatic carboxylic acids is 1. The average Bonchev–Trinajstić information content (AvgIpc) is 2.73. The van der Waals surface area contributed by atoms with Gasteiger partial charge in [-0.25, -0.2) is 4.79 Å². The molecule has 0 radical (unpaired) electrons. The van der Waals surface area contributed by atoms with Crippen LogP contribution in [0.2, 0.25) is 0 Å². The topological polar surface area (TPSA) is 126 Å². The number of aliphatic hydroxyl groups excluding tert-OH is 1. The minimum Gasteiger partial charge on any atom is -0.480 e. The smallest absolute Gasteiger partial charge is 0.328 e. The monoisotopic (exact) mass is 242 g/mol. The van der Waals surface area contributed by atoms with Gasteiger partial charge in [-0.3, -0.25) is 4.79 Å². The lowest BCUT2D eigenvalue weighted by Gasteiger charge is -2.15. The van der Waals surface area contributed by atoms with E-state index in [0.29, 0.717) is 5.76 Å². The molecule has 0 bridgehead atoms. The number of amides is 1. The predicted octanol–water partition coefficient (Wildman–Crippen LogP) is -0.698. The van der Waals surface area contributed by atoms with Gasteiger partial charge in [-0.2, -0.15) is 0 Å². The van der Waals surface area contributed by atoms with Crippen molar-refractivity contribution in [2.45, 2.75) is 25.6 Å². The van der Waals surface area contributed by atoms with Crippen LogP contribution in [0.1, 0.15) is 23.2 Å². The molecule has 17 heavy (non-hydrogen) atoms. The molecule has 0 saturated heterocycles. The number of furan rings is 1.